The molecular formula is C8H6N2O2S. The van der Waals surface area contributed by atoms with E-state index >= 15 is 0 Å². The summed E-state index contributed by atoms with van der Waals surface area (Å²) in [7, 11) is 0. The van der Waals surface area contributed by atoms with Gasteiger partial charge in [0.15, 0.2) is 6.29 Å². The molecule has 1 aliphatic rings. The molecule has 2 rings (SSSR count). The van der Waals surface area contributed by atoms with Gasteiger partial charge in [0.2, 0.25) is 0 Å². The Bertz CT molecular complexity index is 356. The second-order valence-electron chi connectivity index (χ2n) is 2.36. The SMILES string of the molecule is O=CC1N=NC(c2cccs2)=CO1. The predicted octanol–water partition coefficient (Wildman–Crippen LogP) is 2.05. The predicted molar refractivity (Wildman–Crippen MR) is 48.1 cm³/mol. The summed E-state index contributed by atoms with van der Waals surface area (Å²) in [6.07, 6.45) is 1.28. The first kappa shape index (κ1) is 8.12. The van der Waals surface area contributed by atoms with E-state index in [9.17, 15) is 4.79 Å². The highest BCUT2D eigenvalue weighted by atomic mass is 32.1. The first-order valence-electron chi connectivity index (χ1n) is 3.66. The Hall–Kier alpha value is -1.49. The van der Waals surface area contributed by atoms with Gasteiger partial charge in [-0.25, -0.2) is 0 Å². The van der Waals surface area contributed by atoms with Crippen molar-refractivity contribution in [2.75, 3.05) is 0 Å². The standard InChI is InChI=1S/C8H6N2O2S/c11-4-8-10-9-6(5-12-8)7-2-1-3-13-7/h1-5,8H. The second-order valence-corrected chi connectivity index (χ2v) is 3.31. The van der Waals surface area contributed by atoms with Crippen LogP contribution in [0.5, 0.6) is 0 Å². The average Bonchev–Trinajstić information content (AvgIpc) is 2.71. The molecule has 13 heavy (non-hydrogen) atoms. The summed E-state index contributed by atoms with van der Waals surface area (Å²) in [5, 5.41) is 9.46. The van der Waals surface area contributed by atoms with Crippen LogP contribution in [0.15, 0.2) is 34.0 Å². The number of carbonyl (C=O) groups is 1. The van der Waals surface area contributed by atoms with Crippen molar-refractivity contribution in [2.24, 2.45) is 10.2 Å². The van der Waals surface area contributed by atoms with Crippen LogP contribution in [0.25, 0.3) is 5.70 Å². The van der Waals surface area contributed by atoms with Crippen molar-refractivity contribution in [1.82, 2.24) is 0 Å². The van der Waals surface area contributed by atoms with E-state index in [1.807, 2.05) is 17.5 Å². The van der Waals surface area contributed by atoms with Gasteiger partial charge < -0.3 is 4.74 Å². The van der Waals surface area contributed by atoms with Crippen molar-refractivity contribution in [3.63, 3.8) is 0 Å². The molecule has 0 N–H and O–H groups in total. The van der Waals surface area contributed by atoms with Crippen LogP contribution in [-0.4, -0.2) is 12.5 Å². The minimum Gasteiger partial charge on any atom is -0.465 e. The average molecular weight is 194 g/mol. The molecule has 1 unspecified atom stereocenters. The van der Waals surface area contributed by atoms with Crippen LogP contribution >= 0.6 is 11.3 Å². The molecule has 0 amide bonds. The van der Waals surface area contributed by atoms with Crippen LogP contribution in [0.1, 0.15) is 4.88 Å². The fourth-order valence-corrected chi connectivity index (χ4v) is 1.57. The van der Waals surface area contributed by atoms with E-state index in [1.165, 1.54) is 6.26 Å². The Kier molecular flexibility index (Phi) is 2.18. The summed E-state index contributed by atoms with van der Waals surface area (Å²) >= 11 is 1.55. The van der Waals surface area contributed by atoms with Crippen molar-refractivity contribution >= 4 is 23.3 Å². The normalized spacial score (nSPS) is 20.6. The van der Waals surface area contributed by atoms with Gasteiger partial charge in [0, 0.05) is 0 Å². The molecule has 0 fully saturated rings. The van der Waals surface area contributed by atoms with Gasteiger partial charge in [-0.1, -0.05) is 6.07 Å². The third kappa shape index (κ3) is 1.65. The second kappa shape index (κ2) is 3.49. The molecule has 0 aliphatic carbocycles. The number of hydrogen-bond acceptors (Lipinski definition) is 5. The van der Waals surface area contributed by atoms with E-state index in [0.29, 0.717) is 12.0 Å². The highest BCUT2D eigenvalue weighted by Crippen LogP contribution is 2.24. The first-order chi connectivity index (χ1) is 6.40. The summed E-state index contributed by atoms with van der Waals surface area (Å²) in [5.41, 5.74) is 0.660. The van der Waals surface area contributed by atoms with E-state index in [2.05, 4.69) is 10.2 Å². The largest absolute Gasteiger partial charge is 0.465 e. The van der Waals surface area contributed by atoms with Gasteiger partial charge in [0.1, 0.15) is 12.0 Å². The number of aldehydes is 1. The van der Waals surface area contributed by atoms with Gasteiger partial charge in [-0.15, -0.1) is 21.6 Å². The van der Waals surface area contributed by atoms with Crippen molar-refractivity contribution in [2.45, 2.75) is 6.23 Å². The zero-order valence-electron chi connectivity index (χ0n) is 6.58. The Balaban J connectivity index is 2.17. The smallest absolute Gasteiger partial charge is 0.263 e. The van der Waals surface area contributed by atoms with E-state index < -0.39 is 6.23 Å². The van der Waals surface area contributed by atoms with Crippen LogP contribution in [0.3, 0.4) is 0 Å². The molecule has 0 bridgehead atoms. The monoisotopic (exact) mass is 194 g/mol. The fraction of sp³-hybridized carbons (Fsp3) is 0.125. The van der Waals surface area contributed by atoms with Crippen LogP contribution < -0.4 is 0 Å². The third-order valence-electron chi connectivity index (χ3n) is 1.49. The molecule has 1 aromatic heterocycles. The number of rotatable bonds is 2. The molecule has 0 radical (unpaired) electrons. The van der Waals surface area contributed by atoms with Crippen LogP contribution in [0, 0.1) is 0 Å². The summed E-state index contributed by atoms with van der Waals surface area (Å²) < 4.78 is 4.98. The molecule has 0 aromatic carbocycles. The van der Waals surface area contributed by atoms with Crippen LogP contribution in [-0.2, 0) is 9.53 Å². The zero-order valence-corrected chi connectivity index (χ0v) is 7.40. The van der Waals surface area contributed by atoms with E-state index in [4.69, 9.17) is 4.74 Å². The Morgan fingerprint density at radius 3 is 3.08 bits per heavy atom. The minimum atomic E-state index is -0.774. The third-order valence-corrected chi connectivity index (χ3v) is 2.38. The van der Waals surface area contributed by atoms with Gasteiger partial charge in [0.25, 0.3) is 6.23 Å². The molecule has 1 aromatic rings. The maximum Gasteiger partial charge on any atom is 0.263 e. The number of nitrogens with zero attached hydrogens (tertiary/aromatic N) is 2. The van der Waals surface area contributed by atoms with Crippen LogP contribution in [0.4, 0.5) is 0 Å². The lowest BCUT2D eigenvalue weighted by Crippen LogP contribution is -2.09. The van der Waals surface area contributed by atoms with Gasteiger partial charge in [-0.3, -0.25) is 4.79 Å². The van der Waals surface area contributed by atoms with Gasteiger partial charge in [-0.2, -0.15) is 0 Å². The Morgan fingerprint density at radius 1 is 1.62 bits per heavy atom. The zero-order chi connectivity index (χ0) is 9.10. The molecule has 0 spiro atoms. The Labute approximate surface area is 78.6 Å². The van der Waals surface area contributed by atoms with Gasteiger partial charge in [0.05, 0.1) is 4.88 Å². The maximum atomic E-state index is 10.2. The van der Waals surface area contributed by atoms with Crippen molar-refractivity contribution < 1.29 is 9.53 Å². The van der Waals surface area contributed by atoms with E-state index in [0.717, 1.165) is 4.88 Å². The highest BCUT2D eigenvalue weighted by molar-refractivity contribution is 7.11. The topological polar surface area (TPSA) is 51.0 Å². The first-order valence-corrected chi connectivity index (χ1v) is 4.54. The Morgan fingerprint density at radius 2 is 2.54 bits per heavy atom. The molecule has 1 aliphatic heterocycles. The summed E-state index contributed by atoms with van der Waals surface area (Å²) in [6.45, 7) is 0. The molecule has 5 heteroatoms. The van der Waals surface area contributed by atoms with E-state index in [-0.39, 0.29) is 0 Å². The van der Waals surface area contributed by atoms with Gasteiger partial charge >= 0.3 is 0 Å². The number of carbonyl (C=O) groups excluding carboxylic acids is 1. The van der Waals surface area contributed by atoms with Crippen molar-refractivity contribution in [3.8, 4) is 0 Å². The van der Waals surface area contributed by atoms with Crippen molar-refractivity contribution in [1.29, 1.82) is 0 Å². The van der Waals surface area contributed by atoms with Gasteiger partial charge in [-0.05, 0) is 11.4 Å². The molecule has 4 nitrogen and oxygen atoms in total. The molecule has 0 saturated carbocycles. The number of azo groups is 1. The summed E-state index contributed by atoms with van der Waals surface area (Å²) in [6, 6.07) is 3.84. The lowest BCUT2D eigenvalue weighted by Gasteiger charge is -2.09. The molecular weight excluding hydrogens is 188 g/mol. The summed E-state index contributed by atoms with van der Waals surface area (Å²) in [4.78, 5) is 11.2. The maximum absolute atomic E-state index is 10.2. The highest BCUT2D eigenvalue weighted by Gasteiger charge is 2.12. The van der Waals surface area contributed by atoms with Crippen molar-refractivity contribution in [3.05, 3.63) is 28.7 Å². The summed E-state index contributed by atoms with van der Waals surface area (Å²) in [5.74, 6) is 0. The quantitative estimate of drug-likeness (QED) is 0.676. The molecule has 0 saturated heterocycles. The minimum absolute atomic E-state index is 0.602. The molecule has 1 atom stereocenters. The van der Waals surface area contributed by atoms with Crippen LogP contribution in [0.2, 0.25) is 0 Å². The lowest BCUT2D eigenvalue weighted by atomic mass is 10.4. The molecule has 2 heterocycles. The lowest BCUT2D eigenvalue weighted by molar-refractivity contribution is -0.115. The van der Waals surface area contributed by atoms with E-state index in [1.54, 1.807) is 11.3 Å². The number of ether oxygens (including phenoxy) is 1. The number of thiophene rings is 1. The molecule has 66 valence electrons. The number of hydrogen-bond donors (Lipinski definition) is 0. The fourth-order valence-electron chi connectivity index (χ4n) is 0.895.